The Balaban J connectivity index is 0.00000363. The van der Waals surface area contributed by atoms with Crippen molar-refractivity contribution in [2.45, 2.75) is 19.8 Å². The molecule has 3 rings (SSSR count). The minimum atomic E-state index is 0. The summed E-state index contributed by atoms with van der Waals surface area (Å²) in [6, 6.07) is 10.5. The van der Waals surface area contributed by atoms with Gasteiger partial charge in [0.05, 0.1) is 0 Å². The molecule has 2 fully saturated rings. The van der Waals surface area contributed by atoms with E-state index in [4.69, 9.17) is 4.99 Å². The van der Waals surface area contributed by atoms with Gasteiger partial charge in [-0.1, -0.05) is 42.5 Å². The Bertz CT molecular complexity index is 664. The van der Waals surface area contributed by atoms with Crippen LogP contribution in [0.15, 0.2) is 41.4 Å². The number of hydrogen-bond donors (Lipinski definition) is 1. The van der Waals surface area contributed by atoms with E-state index >= 15 is 0 Å². The molecule has 7 heteroatoms. The predicted octanol–water partition coefficient (Wildman–Crippen LogP) is 2.93. The first-order valence-corrected chi connectivity index (χ1v) is 12.1. The highest BCUT2D eigenvalue weighted by atomic mass is 127. The maximum Gasteiger partial charge on any atom is 0.194 e. The summed E-state index contributed by atoms with van der Waals surface area (Å²) in [7, 11) is 2.22. The highest BCUT2D eigenvalue weighted by Gasteiger charge is 2.18. The van der Waals surface area contributed by atoms with Gasteiger partial charge in [-0.15, -0.1) is 24.0 Å². The third kappa shape index (κ3) is 9.77. The molecule has 2 aliphatic heterocycles. The maximum atomic E-state index is 4.93. The smallest absolute Gasteiger partial charge is 0.194 e. The third-order valence-corrected chi connectivity index (χ3v) is 6.22. The molecule has 32 heavy (non-hydrogen) atoms. The lowest BCUT2D eigenvalue weighted by Crippen LogP contribution is -2.52. The quantitative estimate of drug-likeness (QED) is 0.220. The van der Waals surface area contributed by atoms with Gasteiger partial charge in [0.1, 0.15) is 0 Å². The number of hydrogen-bond acceptors (Lipinski definition) is 4. The second-order valence-electron chi connectivity index (χ2n) is 8.69. The van der Waals surface area contributed by atoms with Crippen LogP contribution in [0.1, 0.15) is 25.3 Å². The van der Waals surface area contributed by atoms with Gasteiger partial charge in [0.25, 0.3) is 0 Å². The molecule has 0 bridgehead atoms. The third-order valence-electron chi connectivity index (χ3n) is 6.22. The molecule has 0 amide bonds. The van der Waals surface area contributed by atoms with E-state index in [1.165, 1.54) is 51.1 Å². The Kier molecular flexibility index (Phi) is 13.2. The van der Waals surface area contributed by atoms with Gasteiger partial charge in [-0.2, -0.15) is 0 Å². The molecular weight excluding hydrogens is 511 g/mol. The average Bonchev–Trinajstić information content (AvgIpc) is 2.81. The molecule has 1 aromatic rings. The van der Waals surface area contributed by atoms with Crippen molar-refractivity contribution >= 4 is 36.0 Å². The van der Waals surface area contributed by atoms with E-state index in [1.807, 2.05) is 0 Å². The fourth-order valence-electron chi connectivity index (χ4n) is 4.17. The van der Waals surface area contributed by atoms with Gasteiger partial charge in [-0.05, 0) is 38.9 Å². The number of nitrogens with zero attached hydrogens (tertiary/aromatic N) is 5. The summed E-state index contributed by atoms with van der Waals surface area (Å²) in [5, 5.41) is 3.50. The van der Waals surface area contributed by atoms with E-state index in [0.29, 0.717) is 0 Å². The summed E-state index contributed by atoms with van der Waals surface area (Å²) >= 11 is 0. The van der Waals surface area contributed by atoms with Crippen molar-refractivity contribution in [3.63, 3.8) is 0 Å². The van der Waals surface area contributed by atoms with Gasteiger partial charge in [-0.25, -0.2) is 0 Å². The molecule has 0 radical (unpaired) electrons. The van der Waals surface area contributed by atoms with Crippen LogP contribution in [-0.4, -0.2) is 111 Å². The fraction of sp³-hybridized carbons (Fsp3) is 0.640. The lowest BCUT2D eigenvalue weighted by atomic mass is 10.2. The Morgan fingerprint density at radius 1 is 0.938 bits per heavy atom. The number of benzene rings is 1. The Labute approximate surface area is 212 Å². The van der Waals surface area contributed by atoms with Gasteiger partial charge in [0.15, 0.2) is 5.96 Å². The zero-order valence-corrected chi connectivity index (χ0v) is 22.4. The first kappa shape index (κ1) is 27.1. The monoisotopic (exact) mass is 554 g/mol. The number of unbranched alkanes of at least 4 members (excludes halogenated alkanes) is 1. The van der Waals surface area contributed by atoms with E-state index in [1.54, 1.807) is 0 Å². The molecular formula is C25H43IN6. The zero-order chi connectivity index (χ0) is 21.7. The average molecular weight is 555 g/mol. The summed E-state index contributed by atoms with van der Waals surface area (Å²) in [6.07, 6.45) is 6.92. The molecule has 6 nitrogen and oxygen atoms in total. The fourth-order valence-corrected chi connectivity index (χ4v) is 4.17. The second kappa shape index (κ2) is 15.6. The van der Waals surface area contributed by atoms with Crippen molar-refractivity contribution < 1.29 is 0 Å². The minimum Gasteiger partial charge on any atom is -0.357 e. The lowest BCUT2D eigenvalue weighted by Gasteiger charge is -2.36. The molecule has 2 saturated heterocycles. The molecule has 180 valence electrons. The molecule has 0 atom stereocenters. The molecule has 1 aromatic carbocycles. The summed E-state index contributed by atoms with van der Waals surface area (Å²) < 4.78 is 0. The molecule has 2 aliphatic rings. The lowest BCUT2D eigenvalue weighted by molar-refractivity contribution is 0.152. The SMILES string of the molecule is CCNC(=NCCCCN1CCN(C)CC1)N1CCN(C/C=C/c2ccccc2)CC1.I. The van der Waals surface area contributed by atoms with Gasteiger partial charge in [0, 0.05) is 72.0 Å². The van der Waals surface area contributed by atoms with Crippen molar-refractivity contribution in [3.05, 3.63) is 42.0 Å². The van der Waals surface area contributed by atoms with Crippen LogP contribution in [-0.2, 0) is 0 Å². The normalized spacial score (nSPS) is 19.3. The Morgan fingerprint density at radius 3 is 2.31 bits per heavy atom. The van der Waals surface area contributed by atoms with Gasteiger partial charge < -0.3 is 20.0 Å². The van der Waals surface area contributed by atoms with Gasteiger partial charge >= 0.3 is 0 Å². The van der Waals surface area contributed by atoms with Crippen LogP contribution < -0.4 is 5.32 Å². The number of likely N-dealkylation sites (N-methyl/N-ethyl adjacent to an activating group) is 1. The minimum absolute atomic E-state index is 0. The maximum absolute atomic E-state index is 4.93. The van der Waals surface area contributed by atoms with Crippen molar-refractivity contribution in [1.29, 1.82) is 0 Å². The van der Waals surface area contributed by atoms with E-state index in [-0.39, 0.29) is 24.0 Å². The summed E-state index contributed by atoms with van der Waals surface area (Å²) in [5.74, 6) is 1.10. The van der Waals surface area contributed by atoms with Crippen molar-refractivity contribution in [1.82, 2.24) is 24.9 Å². The Morgan fingerprint density at radius 2 is 1.62 bits per heavy atom. The standard InChI is InChI=1S/C25H42N6.HI/c1-3-26-25(27-13-7-8-14-29-18-16-28(2)17-19-29)31-22-20-30(21-23-31)15-9-12-24-10-5-4-6-11-24;/h4-6,9-12H,3,7-8,13-23H2,1-2H3,(H,26,27);1H/b12-9+;. The van der Waals surface area contributed by atoms with Crippen LogP contribution in [0.2, 0.25) is 0 Å². The van der Waals surface area contributed by atoms with Crippen molar-refractivity contribution in [3.8, 4) is 0 Å². The highest BCUT2D eigenvalue weighted by Crippen LogP contribution is 2.06. The molecule has 0 spiro atoms. The van der Waals surface area contributed by atoms with Gasteiger partial charge in [0.2, 0.25) is 0 Å². The largest absolute Gasteiger partial charge is 0.357 e. The van der Waals surface area contributed by atoms with E-state index in [9.17, 15) is 0 Å². The van der Waals surface area contributed by atoms with E-state index < -0.39 is 0 Å². The van der Waals surface area contributed by atoms with Crippen LogP contribution in [0.4, 0.5) is 0 Å². The molecule has 0 aliphatic carbocycles. The first-order valence-electron chi connectivity index (χ1n) is 12.1. The molecule has 2 heterocycles. The number of halogens is 1. The van der Waals surface area contributed by atoms with E-state index in [2.05, 4.69) is 81.4 Å². The van der Waals surface area contributed by atoms with Crippen LogP contribution in [0.25, 0.3) is 6.08 Å². The summed E-state index contributed by atoms with van der Waals surface area (Å²) in [4.78, 5) is 14.9. The number of nitrogens with one attached hydrogen (secondary N) is 1. The molecule has 0 unspecified atom stereocenters. The molecule has 1 N–H and O–H groups in total. The van der Waals surface area contributed by atoms with Gasteiger partial charge in [-0.3, -0.25) is 9.89 Å². The zero-order valence-electron chi connectivity index (χ0n) is 20.1. The summed E-state index contributed by atoms with van der Waals surface area (Å²) in [6.45, 7) is 15.4. The number of piperazine rings is 2. The molecule has 0 aromatic heterocycles. The molecule has 0 saturated carbocycles. The Hall–Kier alpha value is -1.16. The predicted molar refractivity (Wildman–Crippen MR) is 148 cm³/mol. The topological polar surface area (TPSA) is 37.4 Å². The van der Waals surface area contributed by atoms with Crippen LogP contribution in [0.3, 0.4) is 0 Å². The highest BCUT2D eigenvalue weighted by molar-refractivity contribution is 14.0. The second-order valence-corrected chi connectivity index (χ2v) is 8.69. The van der Waals surface area contributed by atoms with Crippen LogP contribution >= 0.6 is 24.0 Å². The number of guanidine groups is 1. The first-order chi connectivity index (χ1) is 15.2. The van der Waals surface area contributed by atoms with Crippen molar-refractivity contribution in [2.75, 3.05) is 85.6 Å². The van der Waals surface area contributed by atoms with Crippen LogP contribution in [0.5, 0.6) is 0 Å². The summed E-state index contributed by atoms with van der Waals surface area (Å²) in [5.41, 5.74) is 1.27. The van der Waals surface area contributed by atoms with Crippen molar-refractivity contribution in [2.24, 2.45) is 4.99 Å². The number of aliphatic imine (C=N–C) groups is 1. The van der Waals surface area contributed by atoms with Crippen LogP contribution in [0, 0.1) is 0 Å². The van der Waals surface area contributed by atoms with E-state index in [0.717, 1.165) is 51.8 Å². The number of rotatable bonds is 9.